The summed E-state index contributed by atoms with van der Waals surface area (Å²) in [5.74, 6) is -1.53. The standard InChI is InChI=1S/C26H25ClF2N4O3/c1-14(21-19(28)8-9-20(29)22(21)27)36-24-23-17(12-32-25(24)30)18(13-35-23)15-4-6-16(7-5-15)26(34)31-10-11-33(2)3/h4-9,12-14H,10-11H2,1-3H3,(H2,30,32)(H,31,34). The van der Waals surface area contributed by atoms with Crippen molar-refractivity contribution in [3.05, 3.63) is 76.6 Å². The molecule has 0 fully saturated rings. The van der Waals surface area contributed by atoms with Crippen molar-refractivity contribution in [2.75, 3.05) is 32.9 Å². The summed E-state index contributed by atoms with van der Waals surface area (Å²) in [6.45, 7) is 2.80. The van der Waals surface area contributed by atoms with E-state index in [9.17, 15) is 13.6 Å². The predicted molar refractivity (Wildman–Crippen MR) is 135 cm³/mol. The molecule has 0 saturated heterocycles. The molecule has 1 amide bonds. The molecular formula is C26H25ClF2N4O3. The van der Waals surface area contributed by atoms with Crippen LogP contribution in [0.4, 0.5) is 14.6 Å². The number of anilines is 1. The number of amides is 1. The zero-order valence-corrected chi connectivity index (χ0v) is 20.7. The lowest BCUT2D eigenvalue weighted by atomic mass is 10.0. The molecule has 3 N–H and O–H groups in total. The molecule has 1 unspecified atom stereocenters. The fourth-order valence-corrected chi connectivity index (χ4v) is 4.07. The van der Waals surface area contributed by atoms with Gasteiger partial charge in [0.15, 0.2) is 11.4 Å². The molecular weight excluding hydrogens is 490 g/mol. The van der Waals surface area contributed by atoms with E-state index in [0.29, 0.717) is 28.6 Å². The Kier molecular flexibility index (Phi) is 7.42. The number of pyridine rings is 1. The third kappa shape index (κ3) is 5.12. The van der Waals surface area contributed by atoms with Crippen molar-refractivity contribution in [2.45, 2.75) is 13.0 Å². The highest BCUT2D eigenvalue weighted by Gasteiger charge is 2.24. The number of fused-ring (bicyclic) bond motifs is 1. The molecule has 1 atom stereocenters. The number of hydrogen-bond acceptors (Lipinski definition) is 6. The number of nitrogens with two attached hydrogens (primary N) is 1. The van der Waals surface area contributed by atoms with E-state index >= 15 is 0 Å². The molecule has 188 valence electrons. The minimum Gasteiger partial charge on any atom is -0.478 e. The lowest BCUT2D eigenvalue weighted by Gasteiger charge is -2.18. The average molecular weight is 515 g/mol. The third-order valence-corrected chi connectivity index (χ3v) is 6.07. The summed E-state index contributed by atoms with van der Waals surface area (Å²) < 4.78 is 39.9. The summed E-state index contributed by atoms with van der Waals surface area (Å²) in [7, 11) is 3.87. The highest BCUT2D eigenvalue weighted by atomic mass is 35.5. The van der Waals surface area contributed by atoms with Gasteiger partial charge in [-0.2, -0.15) is 0 Å². The molecule has 4 rings (SSSR count). The molecule has 4 aromatic rings. The number of ether oxygens (including phenoxy) is 1. The Labute approximate surface area is 211 Å². The van der Waals surface area contributed by atoms with Crippen LogP contribution < -0.4 is 15.8 Å². The largest absolute Gasteiger partial charge is 0.478 e. The Morgan fingerprint density at radius 2 is 1.89 bits per heavy atom. The molecule has 0 radical (unpaired) electrons. The molecule has 0 aliphatic heterocycles. The molecule has 0 saturated carbocycles. The molecule has 0 aliphatic carbocycles. The summed E-state index contributed by atoms with van der Waals surface area (Å²) in [6.07, 6.45) is 2.07. The Morgan fingerprint density at radius 3 is 2.58 bits per heavy atom. The van der Waals surface area contributed by atoms with Gasteiger partial charge in [-0.1, -0.05) is 23.7 Å². The second-order valence-corrected chi connectivity index (χ2v) is 8.90. The van der Waals surface area contributed by atoms with Gasteiger partial charge in [0.2, 0.25) is 5.75 Å². The minimum atomic E-state index is -0.984. The zero-order chi connectivity index (χ0) is 26.0. The second kappa shape index (κ2) is 10.5. The Bertz CT molecular complexity index is 1410. The molecule has 0 aliphatic rings. The predicted octanol–water partition coefficient (Wildman–Crippen LogP) is 5.44. The molecule has 2 aromatic heterocycles. The van der Waals surface area contributed by atoms with E-state index in [1.165, 1.54) is 13.2 Å². The van der Waals surface area contributed by atoms with Gasteiger partial charge in [-0.3, -0.25) is 4.79 Å². The smallest absolute Gasteiger partial charge is 0.251 e. The number of furan rings is 1. The number of rotatable bonds is 8. The van der Waals surface area contributed by atoms with Crippen LogP contribution in [0.15, 0.2) is 53.3 Å². The lowest BCUT2D eigenvalue weighted by Crippen LogP contribution is -2.31. The van der Waals surface area contributed by atoms with E-state index in [1.54, 1.807) is 30.5 Å². The van der Waals surface area contributed by atoms with Gasteiger partial charge in [0.25, 0.3) is 5.91 Å². The van der Waals surface area contributed by atoms with Crippen molar-refractivity contribution in [1.82, 2.24) is 15.2 Å². The van der Waals surface area contributed by atoms with Crippen LogP contribution in [-0.2, 0) is 0 Å². The number of benzene rings is 2. The third-order valence-electron chi connectivity index (χ3n) is 5.68. The number of nitrogens with one attached hydrogen (secondary N) is 1. The summed E-state index contributed by atoms with van der Waals surface area (Å²) in [5.41, 5.74) is 8.20. The van der Waals surface area contributed by atoms with Crippen LogP contribution in [0.1, 0.15) is 28.9 Å². The van der Waals surface area contributed by atoms with E-state index in [-0.39, 0.29) is 28.1 Å². The van der Waals surface area contributed by atoms with Gasteiger partial charge in [-0.05, 0) is 50.8 Å². The normalized spacial score (nSPS) is 12.2. The number of halogens is 3. The first-order chi connectivity index (χ1) is 17.2. The van der Waals surface area contributed by atoms with Gasteiger partial charge in [0.05, 0.1) is 16.7 Å². The van der Waals surface area contributed by atoms with Crippen molar-refractivity contribution in [1.29, 1.82) is 0 Å². The van der Waals surface area contributed by atoms with Crippen LogP contribution in [0.3, 0.4) is 0 Å². The first-order valence-corrected chi connectivity index (χ1v) is 11.5. The zero-order valence-electron chi connectivity index (χ0n) is 19.9. The molecule has 2 aromatic carbocycles. The van der Waals surface area contributed by atoms with Crippen LogP contribution in [0.25, 0.3) is 22.1 Å². The SMILES string of the molecule is CC(Oc1c(N)ncc2c(-c3ccc(C(=O)NCCN(C)C)cc3)coc12)c1c(F)ccc(F)c1Cl. The molecule has 0 spiro atoms. The van der Waals surface area contributed by atoms with Gasteiger partial charge in [-0.15, -0.1) is 0 Å². The maximum Gasteiger partial charge on any atom is 0.251 e. The second-order valence-electron chi connectivity index (χ2n) is 8.52. The highest BCUT2D eigenvalue weighted by molar-refractivity contribution is 6.31. The van der Waals surface area contributed by atoms with E-state index in [0.717, 1.165) is 24.2 Å². The van der Waals surface area contributed by atoms with Crippen molar-refractivity contribution in [2.24, 2.45) is 0 Å². The van der Waals surface area contributed by atoms with Crippen molar-refractivity contribution >= 4 is 34.3 Å². The van der Waals surface area contributed by atoms with Crippen LogP contribution >= 0.6 is 11.6 Å². The van der Waals surface area contributed by atoms with Gasteiger partial charge < -0.3 is 25.1 Å². The summed E-state index contributed by atoms with van der Waals surface area (Å²) in [6, 6.07) is 8.97. The highest BCUT2D eigenvalue weighted by Crippen LogP contribution is 2.40. The Hall–Kier alpha value is -3.69. The first kappa shape index (κ1) is 25.4. The molecule has 0 bridgehead atoms. The summed E-state index contributed by atoms with van der Waals surface area (Å²) >= 11 is 5.98. The Balaban J connectivity index is 1.61. The number of hydrogen-bond donors (Lipinski definition) is 2. The quantitative estimate of drug-likeness (QED) is 0.304. The van der Waals surface area contributed by atoms with E-state index in [2.05, 4.69) is 10.3 Å². The minimum absolute atomic E-state index is 0.0212. The number of nitrogen functional groups attached to an aromatic ring is 1. The molecule has 36 heavy (non-hydrogen) atoms. The van der Waals surface area contributed by atoms with Gasteiger partial charge in [0.1, 0.15) is 17.7 Å². The van der Waals surface area contributed by atoms with Crippen LogP contribution in [-0.4, -0.2) is 43.0 Å². The number of carbonyl (C=O) groups excluding carboxylic acids is 1. The maximum atomic E-state index is 14.4. The molecule has 10 heteroatoms. The van der Waals surface area contributed by atoms with E-state index < -0.39 is 17.7 Å². The van der Waals surface area contributed by atoms with Crippen molar-refractivity contribution < 1.29 is 22.7 Å². The van der Waals surface area contributed by atoms with Crippen LogP contribution in [0.5, 0.6) is 5.75 Å². The van der Waals surface area contributed by atoms with E-state index in [4.69, 9.17) is 26.5 Å². The van der Waals surface area contributed by atoms with Crippen molar-refractivity contribution in [3.8, 4) is 16.9 Å². The maximum absolute atomic E-state index is 14.4. The monoisotopic (exact) mass is 514 g/mol. The number of nitrogens with zero attached hydrogens (tertiary/aromatic N) is 2. The van der Waals surface area contributed by atoms with Gasteiger partial charge >= 0.3 is 0 Å². The van der Waals surface area contributed by atoms with Crippen LogP contribution in [0.2, 0.25) is 5.02 Å². The van der Waals surface area contributed by atoms with Crippen molar-refractivity contribution in [3.63, 3.8) is 0 Å². The Morgan fingerprint density at radius 1 is 1.19 bits per heavy atom. The van der Waals surface area contributed by atoms with Crippen LogP contribution in [0, 0.1) is 11.6 Å². The first-order valence-electron chi connectivity index (χ1n) is 11.2. The summed E-state index contributed by atoms with van der Waals surface area (Å²) in [4.78, 5) is 18.5. The topological polar surface area (TPSA) is 93.6 Å². The number of carbonyl (C=O) groups is 1. The fraction of sp³-hybridized carbons (Fsp3) is 0.231. The van der Waals surface area contributed by atoms with E-state index in [1.807, 2.05) is 19.0 Å². The number of aromatic nitrogens is 1. The molecule has 2 heterocycles. The van der Waals surface area contributed by atoms with Gasteiger partial charge in [-0.25, -0.2) is 13.8 Å². The fourth-order valence-electron chi connectivity index (χ4n) is 3.76. The molecule has 7 nitrogen and oxygen atoms in total. The summed E-state index contributed by atoms with van der Waals surface area (Å²) in [5, 5.41) is 3.10. The average Bonchev–Trinajstić information content (AvgIpc) is 3.27. The lowest BCUT2D eigenvalue weighted by molar-refractivity contribution is 0.0951. The number of likely N-dealkylation sites (N-methyl/N-ethyl adjacent to an activating group) is 1. The van der Waals surface area contributed by atoms with Gasteiger partial charge in [0, 0.05) is 36.0 Å².